The van der Waals surface area contributed by atoms with Gasteiger partial charge >= 0.3 is 0 Å². The van der Waals surface area contributed by atoms with Crippen LogP contribution in [0.4, 0.5) is 10.1 Å². The topological polar surface area (TPSA) is 118 Å². The number of rotatable bonds is 6. The summed E-state index contributed by atoms with van der Waals surface area (Å²) >= 11 is 0. The number of hydrogen-bond acceptors (Lipinski definition) is 7. The van der Waals surface area contributed by atoms with Crippen molar-refractivity contribution in [3.05, 3.63) is 58.4 Å². The van der Waals surface area contributed by atoms with Crippen molar-refractivity contribution in [2.24, 2.45) is 4.99 Å². The molecule has 24 heavy (non-hydrogen) atoms. The molecule has 1 heterocycles. The molecule has 120 valence electrons. The van der Waals surface area contributed by atoms with Crippen LogP contribution in [-0.4, -0.2) is 28.0 Å². The summed E-state index contributed by atoms with van der Waals surface area (Å²) in [4.78, 5) is 18.2. The minimum Gasteiger partial charge on any atom is -0.334 e. The molecule has 9 heteroatoms. The van der Waals surface area contributed by atoms with Gasteiger partial charge in [0.1, 0.15) is 12.4 Å². The number of nitro groups is 1. The molecule has 0 N–H and O–H groups in total. The van der Waals surface area contributed by atoms with Crippen molar-refractivity contribution >= 4 is 17.6 Å². The molecule has 0 amide bonds. The highest BCUT2D eigenvalue weighted by Crippen LogP contribution is 2.26. The van der Waals surface area contributed by atoms with Gasteiger partial charge in [-0.1, -0.05) is 17.8 Å². The van der Waals surface area contributed by atoms with Gasteiger partial charge in [-0.25, -0.2) is 4.39 Å². The number of halogens is 1. The first kappa shape index (κ1) is 16.7. The van der Waals surface area contributed by atoms with Crippen LogP contribution in [0.1, 0.15) is 11.4 Å². The van der Waals surface area contributed by atoms with Gasteiger partial charge in [0.05, 0.1) is 16.6 Å². The molecule has 1 aromatic carbocycles. The molecule has 0 unspecified atom stereocenters. The van der Waals surface area contributed by atoms with Crippen molar-refractivity contribution in [1.29, 1.82) is 5.26 Å². The minimum atomic E-state index is -0.768. The summed E-state index contributed by atoms with van der Waals surface area (Å²) in [5, 5.41) is 23.6. The van der Waals surface area contributed by atoms with E-state index in [1.54, 1.807) is 0 Å². The molecule has 0 spiro atoms. The summed E-state index contributed by atoms with van der Waals surface area (Å²) in [6, 6.07) is 5.55. The first-order chi connectivity index (χ1) is 11.6. The Kier molecular flexibility index (Phi) is 5.25. The van der Waals surface area contributed by atoms with Gasteiger partial charge < -0.3 is 4.52 Å². The van der Waals surface area contributed by atoms with Crippen molar-refractivity contribution < 1.29 is 13.8 Å². The van der Waals surface area contributed by atoms with Gasteiger partial charge in [0, 0.05) is 23.9 Å². The summed E-state index contributed by atoms with van der Waals surface area (Å²) in [5.41, 5.74) is 0.230. The number of aromatic nitrogens is 2. The van der Waals surface area contributed by atoms with Crippen molar-refractivity contribution in [3.63, 3.8) is 0 Å². The van der Waals surface area contributed by atoms with Gasteiger partial charge in [-0.3, -0.25) is 15.1 Å². The molecule has 1 aromatic heterocycles. The SMILES string of the molecule is C=C/C=C(\N=CCF)c1noc(-c2cc(C#N)cc([N+](=O)[O-])c2)n1. The van der Waals surface area contributed by atoms with Gasteiger partial charge in [-0.05, 0) is 12.1 Å². The van der Waals surface area contributed by atoms with Crippen LogP contribution in [0.3, 0.4) is 0 Å². The maximum atomic E-state index is 12.2. The maximum absolute atomic E-state index is 12.2. The molecule has 0 radical (unpaired) electrons. The quantitative estimate of drug-likeness (QED) is 0.348. The van der Waals surface area contributed by atoms with Crippen molar-refractivity contribution in [3.8, 4) is 17.5 Å². The van der Waals surface area contributed by atoms with Crippen LogP contribution in [0.25, 0.3) is 17.2 Å². The van der Waals surface area contributed by atoms with Crippen LogP contribution in [0.15, 0.2) is 46.4 Å². The fourth-order valence-electron chi connectivity index (χ4n) is 1.77. The maximum Gasteiger partial charge on any atom is 0.271 e. The Morgan fingerprint density at radius 2 is 2.33 bits per heavy atom. The number of nitro benzene ring substituents is 1. The van der Waals surface area contributed by atoms with Crippen LogP contribution >= 0.6 is 0 Å². The number of nitrogens with zero attached hydrogens (tertiary/aromatic N) is 5. The Morgan fingerprint density at radius 3 is 2.96 bits per heavy atom. The van der Waals surface area contributed by atoms with E-state index >= 15 is 0 Å². The normalized spacial score (nSPS) is 11.4. The Hall–Kier alpha value is -3.67. The molecule has 0 bridgehead atoms. The van der Waals surface area contributed by atoms with Crippen molar-refractivity contribution in [2.75, 3.05) is 6.67 Å². The molecule has 2 rings (SSSR count). The highest BCUT2D eigenvalue weighted by Gasteiger charge is 2.16. The number of hydrogen-bond donors (Lipinski definition) is 0. The lowest BCUT2D eigenvalue weighted by atomic mass is 10.1. The van der Waals surface area contributed by atoms with E-state index in [4.69, 9.17) is 9.78 Å². The fourth-order valence-corrected chi connectivity index (χ4v) is 1.77. The summed E-state index contributed by atoms with van der Waals surface area (Å²) in [7, 11) is 0. The lowest BCUT2D eigenvalue weighted by molar-refractivity contribution is -0.384. The van der Waals surface area contributed by atoms with Crippen LogP contribution in [0.5, 0.6) is 0 Å². The van der Waals surface area contributed by atoms with Crippen LogP contribution in [-0.2, 0) is 0 Å². The minimum absolute atomic E-state index is 0.0318. The molecule has 0 aliphatic rings. The summed E-state index contributed by atoms with van der Waals surface area (Å²) in [6.07, 6.45) is 3.89. The number of aliphatic imine (C=N–C) groups is 1. The van der Waals surface area contributed by atoms with Crippen LogP contribution in [0, 0.1) is 21.4 Å². The van der Waals surface area contributed by atoms with Gasteiger partial charge in [-0.2, -0.15) is 10.2 Å². The molecule has 0 fully saturated rings. The van der Waals surface area contributed by atoms with Gasteiger partial charge in [0.25, 0.3) is 11.6 Å². The molecule has 0 saturated carbocycles. The summed E-state index contributed by atoms with van der Waals surface area (Å²) in [6.45, 7) is 2.74. The standard InChI is InChI=1S/C15H10FN5O3/c1-2-3-13(18-5-4-16)14-19-15(24-20-14)11-6-10(9-17)7-12(8-11)21(22)23/h2-3,5-8H,1,4H2/b13-3-,18-5?. The predicted octanol–water partition coefficient (Wildman–Crippen LogP) is 3.08. The molecule has 2 aromatic rings. The summed E-state index contributed by atoms with van der Waals surface area (Å²) in [5.74, 6) is 0.0234. The Balaban J connectivity index is 2.47. The number of benzene rings is 1. The van der Waals surface area contributed by atoms with Gasteiger partial charge in [-0.15, -0.1) is 0 Å². The van der Waals surface area contributed by atoms with E-state index in [1.807, 2.05) is 6.07 Å². The van der Waals surface area contributed by atoms with Crippen molar-refractivity contribution in [2.45, 2.75) is 0 Å². The third-order valence-electron chi connectivity index (χ3n) is 2.73. The zero-order valence-corrected chi connectivity index (χ0v) is 12.2. The average molecular weight is 327 g/mol. The largest absolute Gasteiger partial charge is 0.334 e. The second-order valence-corrected chi connectivity index (χ2v) is 4.31. The first-order valence-electron chi connectivity index (χ1n) is 6.54. The van der Waals surface area contributed by atoms with Crippen LogP contribution in [0.2, 0.25) is 0 Å². The first-order valence-corrected chi connectivity index (χ1v) is 6.54. The number of allylic oxidation sites excluding steroid dienone is 2. The number of non-ortho nitro benzene ring substituents is 1. The van der Waals surface area contributed by atoms with E-state index in [9.17, 15) is 14.5 Å². The zero-order valence-electron chi connectivity index (χ0n) is 12.2. The van der Waals surface area contributed by atoms with Gasteiger partial charge in [0.15, 0.2) is 0 Å². The lowest BCUT2D eigenvalue weighted by Gasteiger charge is -1.97. The predicted molar refractivity (Wildman–Crippen MR) is 83.7 cm³/mol. The molecular formula is C15H10FN5O3. The second-order valence-electron chi connectivity index (χ2n) is 4.31. The molecule has 0 aliphatic heterocycles. The van der Waals surface area contributed by atoms with E-state index in [-0.39, 0.29) is 34.2 Å². The van der Waals surface area contributed by atoms with E-state index in [1.165, 1.54) is 24.3 Å². The Labute approximate surface area is 135 Å². The van der Waals surface area contributed by atoms with E-state index in [0.717, 1.165) is 12.3 Å². The van der Waals surface area contributed by atoms with E-state index in [2.05, 4.69) is 21.7 Å². The van der Waals surface area contributed by atoms with Gasteiger partial charge in [0.2, 0.25) is 5.82 Å². The number of alkyl halides is 1. The van der Waals surface area contributed by atoms with Crippen LogP contribution < -0.4 is 0 Å². The highest BCUT2D eigenvalue weighted by atomic mass is 19.1. The molecular weight excluding hydrogens is 317 g/mol. The summed E-state index contributed by atoms with van der Waals surface area (Å²) < 4.78 is 17.3. The fraction of sp³-hybridized carbons (Fsp3) is 0.0667. The average Bonchev–Trinajstić information content (AvgIpc) is 3.08. The number of nitriles is 1. The van der Waals surface area contributed by atoms with E-state index in [0.29, 0.717) is 0 Å². The lowest BCUT2D eigenvalue weighted by Crippen LogP contribution is -1.91. The third-order valence-corrected chi connectivity index (χ3v) is 2.73. The highest BCUT2D eigenvalue weighted by molar-refractivity contribution is 5.73. The molecule has 0 aliphatic carbocycles. The second kappa shape index (κ2) is 7.55. The third kappa shape index (κ3) is 3.75. The van der Waals surface area contributed by atoms with E-state index < -0.39 is 11.6 Å². The van der Waals surface area contributed by atoms with Crippen molar-refractivity contribution in [1.82, 2.24) is 10.1 Å². The zero-order chi connectivity index (χ0) is 17.5. The smallest absolute Gasteiger partial charge is 0.271 e. The molecule has 8 nitrogen and oxygen atoms in total. The molecule has 0 atom stereocenters. The molecule has 0 saturated heterocycles. The Morgan fingerprint density at radius 1 is 1.54 bits per heavy atom. The monoisotopic (exact) mass is 327 g/mol. The Bertz CT molecular complexity index is 879.